The summed E-state index contributed by atoms with van der Waals surface area (Å²) in [5.74, 6) is 0.615. The van der Waals surface area contributed by atoms with Crippen molar-refractivity contribution in [2.24, 2.45) is 5.92 Å². The number of likely N-dealkylation sites (N-methyl/N-ethyl adjacent to an activating group) is 1. The van der Waals surface area contributed by atoms with Gasteiger partial charge in [-0.15, -0.1) is 0 Å². The molecule has 0 saturated heterocycles. The maximum atomic E-state index is 12.3. The van der Waals surface area contributed by atoms with E-state index in [-0.39, 0.29) is 5.75 Å². The number of hydrogen-bond acceptors (Lipinski definition) is 4. The van der Waals surface area contributed by atoms with Gasteiger partial charge in [0.25, 0.3) is 0 Å². The van der Waals surface area contributed by atoms with Gasteiger partial charge in [0, 0.05) is 19.6 Å². The molecule has 0 spiro atoms. The lowest BCUT2D eigenvalue weighted by Crippen LogP contribution is -2.40. The van der Waals surface area contributed by atoms with E-state index in [2.05, 4.69) is 19.2 Å². The third-order valence-corrected chi connectivity index (χ3v) is 4.76. The number of unbranched alkanes of at least 4 members (excludes halogenated alkanes) is 1. The number of nitrogens with one attached hydrogen (secondary N) is 1. The molecule has 0 aliphatic heterocycles. The van der Waals surface area contributed by atoms with Crippen molar-refractivity contribution in [2.75, 3.05) is 53.1 Å². The van der Waals surface area contributed by atoms with Crippen molar-refractivity contribution >= 4 is 10.0 Å². The molecule has 19 heavy (non-hydrogen) atoms. The minimum atomic E-state index is -3.11. The molecule has 1 N–H and O–H groups in total. The van der Waals surface area contributed by atoms with Crippen LogP contribution in [-0.4, -0.2) is 70.7 Å². The summed E-state index contributed by atoms with van der Waals surface area (Å²) in [5.41, 5.74) is 0. The van der Waals surface area contributed by atoms with Crippen molar-refractivity contribution < 1.29 is 8.42 Å². The van der Waals surface area contributed by atoms with Gasteiger partial charge in [0.05, 0.1) is 5.75 Å². The summed E-state index contributed by atoms with van der Waals surface area (Å²) in [6.45, 7) is 6.94. The highest BCUT2D eigenvalue weighted by atomic mass is 32.2. The number of nitrogens with zero attached hydrogens (tertiary/aromatic N) is 2. The normalized spacial score (nSPS) is 12.8. The summed E-state index contributed by atoms with van der Waals surface area (Å²) in [7, 11) is 2.70. The molecular formula is C13H31N3O2S. The summed E-state index contributed by atoms with van der Waals surface area (Å²) in [5, 5.41) is 3.04. The van der Waals surface area contributed by atoms with Gasteiger partial charge in [-0.1, -0.05) is 13.8 Å². The molecule has 116 valence electrons. The van der Waals surface area contributed by atoms with E-state index in [1.54, 1.807) is 4.31 Å². The van der Waals surface area contributed by atoms with E-state index in [4.69, 9.17) is 0 Å². The van der Waals surface area contributed by atoms with Crippen LogP contribution < -0.4 is 5.32 Å². The van der Waals surface area contributed by atoms with Crippen LogP contribution in [0.5, 0.6) is 0 Å². The van der Waals surface area contributed by atoms with Gasteiger partial charge in [-0.25, -0.2) is 12.7 Å². The molecule has 0 unspecified atom stereocenters. The second-order valence-electron chi connectivity index (χ2n) is 5.68. The van der Waals surface area contributed by atoms with Gasteiger partial charge in [-0.2, -0.15) is 0 Å². The Labute approximate surface area is 119 Å². The van der Waals surface area contributed by atoms with Crippen molar-refractivity contribution in [2.45, 2.75) is 26.7 Å². The highest BCUT2D eigenvalue weighted by Crippen LogP contribution is 2.08. The Morgan fingerprint density at radius 1 is 1.11 bits per heavy atom. The highest BCUT2D eigenvalue weighted by molar-refractivity contribution is 7.89. The maximum Gasteiger partial charge on any atom is 0.214 e. The molecule has 0 aromatic carbocycles. The number of hydrogen-bond donors (Lipinski definition) is 1. The topological polar surface area (TPSA) is 52.7 Å². The van der Waals surface area contributed by atoms with Crippen LogP contribution >= 0.6 is 0 Å². The Bertz CT molecular complexity index is 316. The van der Waals surface area contributed by atoms with Crippen LogP contribution in [-0.2, 0) is 10.0 Å². The Kier molecular flexibility index (Phi) is 9.60. The Morgan fingerprint density at radius 2 is 1.74 bits per heavy atom. The van der Waals surface area contributed by atoms with E-state index in [0.29, 0.717) is 19.0 Å². The minimum Gasteiger partial charge on any atom is -0.320 e. The van der Waals surface area contributed by atoms with Gasteiger partial charge in [-0.3, -0.25) is 0 Å². The summed E-state index contributed by atoms with van der Waals surface area (Å²) >= 11 is 0. The van der Waals surface area contributed by atoms with Crippen LogP contribution in [0.25, 0.3) is 0 Å². The van der Waals surface area contributed by atoms with Crippen LogP contribution in [0.15, 0.2) is 0 Å². The molecule has 0 fully saturated rings. The first-order valence-electron chi connectivity index (χ1n) is 7.06. The summed E-state index contributed by atoms with van der Waals surface area (Å²) < 4.78 is 26.3. The number of rotatable bonds is 11. The first-order valence-corrected chi connectivity index (χ1v) is 8.67. The number of sulfonamides is 1. The summed E-state index contributed by atoms with van der Waals surface area (Å²) in [4.78, 5) is 2.02. The molecule has 0 aromatic rings. The quantitative estimate of drug-likeness (QED) is 0.574. The van der Waals surface area contributed by atoms with Crippen LogP contribution in [0.4, 0.5) is 0 Å². The minimum absolute atomic E-state index is 0.259. The molecule has 0 rings (SSSR count). The molecule has 0 aromatic heterocycles. The predicted molar refractivity (Wildman–Crippen MR) is 81.9 cm³/mol. The second kappa shape index (κ2) is 9.69. The molecule has 6 heteroatoms. The van der Waals surface area contributed by atoms with E-state index >= 15 is 0 Å². The average Bonchev–Trinajstić information content (AvgIpc) is 2.29. The molecule has 0 atom stereocenters. The van der Waals surface area contributed by atoms with Crippen molar-refractivity contribution in [3.63, 3.8) is 0 Å². The zero-order chi connectivity index (χ0) is 14.9. The van der Waals surface area contributed by atoms with Crippen LogP contribution in [0.2, 0.25) is 0 Å². The van der Waals surface area contributed by atoms with Gasteiger partial charge in [0.2, 0.25) is 10.0 Å². The molecule has 0 saturated carbocycles. The zero-order valence-corrected chi connectivity index (χ0v) is 14.0. The zero-order valence-electron chi connectivity index (χ0n) is 13.1. The Balaban J connectivity index is 4.44. The summed E-state index contributed by atoms with van der Waals surface area (Å²) in [6, 6.07) is 0. The second-order valence-corrected chi connectivity index (χ2v) is 7.77. The molecule has 0 radical (unpaired) electrons. The molecule has 0 heterocycles. The lowest BCUT2D eigenvalue weighted by Gasteiger charge is -2.25. The van der Waals surface area contributed by atoms with Gasteiger partial charge in [-0.05, 0) is 46.4 Å². The standard InChI is InChI=1S/C13H31N3O2S/c1-13(2)12-16(10-9-15(4)5)19(17,18)11-7-6-8-14-3/h13-14H,6-12H2,1-5H3. The SMILES string of the molecule is CNCCCCS(=O)(=O)N(CCN(C)C)CC(C)C. The van der Waals surface area contributed by atoms with Crippen LogP contribution in [0.1, 0.15) is 26.7 Å². The van der Waals surface area contributed by atoms with Crippen molar-refractivity contribution in [1.29, 1.82) is 0 Å². The fourth-order valence-corrected chi connectivity index (χ4v) is 3.49. The van der Waals surface area contributed by atoms with Gasteiger partial charge in [0.15, 0.2) is 0 Å². The third-order valence-electron chi connectivity index (χ3n) is 2.84. The molecule has 0 amide bonds. The highest BCUT2D eigenvalue weighted by Gasteiger charge is 2.22. The lowest BCUT2D eigenvalue weighted by molar-refractivity contribution is 0.312. The fraction of sp³-hybridized carbons (Fsp3) is 1.00. The third kappa shape index (κ3) is 9.38. The first-order chi connectivity index (χ1) is 8.79. The summed E-state index contributed by atoms with van der Waals surface area (Å²) in [6.07, 6.45) is 1.62. The smallest absolute Gasteiger partial charge is 0.214 e. The van der Waals surface area contributed by atoms with E-state index < -0.39 is 10.0 Å². The monoisotopic (exact) mass is 293 g/mol. The average molecular weight is 293 g/mol. The Hall–Kier alpha value is -0.170. The maximum absolute atomic E-state index is 12.3. The molecule has 5 nitrogen and oxygen atoms in total. The molecule has 0 aliphatic rings. The predicted octanol–water partition coefficient (Wildman–Crippen LogP) is 0.835. The molecular weight excluding hydrogens is 262 g/mol. The van der Waals surface area contributed by atoms with E-state index in [1.165, 1.54) is 0 Å². The fourth-order valence-electron chi connectivity index (χ4n) is 1.78. The van der Waals surface area contributed by atoms with Gasteiger partial charge < -0.3 is 10.2 Å². The van der Waals surface area contributed by atoms with E-state index in [0.717, 1.165) is 25.9 Å². The lowest BCUT2D eigenvalue weighted by atomic mass is 10.2. The van der Waals surface area contributed by atoms with Crippen LogP contribution in [0.3, 0.4) is 0 Å². The van der Waals surface area contributed by atoms with Gasteiger partial charge in [0.1, 0.15) is 0 Å². The van der Waals surface area contributed by atoms with Gasteiger partial charge >= 0.3 is 0 Å². The first kappa shape index (κ1) is 18.8. The van der Waals surface area contributed by atoms with Crippen molar-refractivity contribution in [3.05, 3.63) is 0 Å². The van der Waals surface area contributed by atoms with Crippen molar-refractivity contribution in [1.82, 2.24) is 14.5 Å². The van der Waals surface area contributed by atoms with E-state index in [9.17, 15) is 8.42 Å². The molecule has 0 bridgehead atoms. The largest absolute Gasteiger partial charge is 0.320 e. The van der Waals surface area contributed by atoms with Crippen molar-refractivity contribution in [3.8, 4) is 0 Å². The van der Waals surface area contributed by atoms with Crippen LogP contribution in [0, 0.1) is 5.92 Å². The van der Waals surface area contributed by atoms with E-state index in [1.807, 2.05) is 26.0 Å². The Morgan fingerprint density at radius 3 is 2.21 bits per heavy atom. The molecule has 0 aliphatic carbocycles.